The van der Waals surface area contributed by atoms with E-state index >= 15 is 0 Å². The number of amides is 2. The van der Waals surface area contributed by atoms with Crippen molar-refractivity contribution >= 4 is 11.8 Å². The van der Waals surface area contributed by atoms with Crippen molar-refractivity contribution in [3.63, 3.8) is 0 Å². The highest BCUT2D eigenvalue weighted by Gasteiger charge is 2.35. The Morgan fingerprint density at radius 1 is 1.38 bits per heavy atom. The third kappa shape index (κ3) is 4.03. The minimum atomic E-state index is -0.403. The molecular weight excluding hydrogens is 271 g/mol. The van der Waals surface area contributed by atoms with Crippen molar-refractivity contribution in [3.8, 4) is 0 Å². The Morgan fingerprint density at radius 3 is 2.76 bits per heavy atom. The van der Waals surface area contributed by atoms with Gasteiger partial charge in [-0.1, -0.05) is 25.5 Å². The lowest BCUT2D eigenvalue weighted by atomic mass is 10.1. The summed E-state index contributed by atoms with van der Waals surface area (Å²) in [5.74, 6) is -0.410. The fourth-order valence-electron chi connectivity index (χ4n) is 2.50. The molecule has 0 aliphatic carbocycles. The second-order valence-electron chi connectivity index (χ2n) is 5.35. The van der Waals surface area contributed by atoms with Gasteiger partial charge in [-0.2, -0.15) is 0 Å². The summed E-state index contributed by atoms with van der Waals surface area (Å²) in [6.07, 6.45) is 2.90. The van der Waals surface area contributed by atoms with E-state index < -0.39 is 6.04 Å². The van der Waals surface area contributed by atoms with Gasteiger partial charge in [-0.15, -0.1) is 0 Å². The van der Waals surface area contributed by atoms with Crippen molar-refractivity contribution in [2.75, 3.05) is 6.54 Å². The van der Waals surface area contributed by atoms with E-state index in [2.05, 4.69) is 12.2 Å². The summed E-state index contributed by atoms with van der Waals surface area (Å²) in [5.41, 5.74) is 0.831. The van der Waals surface area contributed by atoms with E-state index in [9.17, 15) is 14.0 Å². The van der Waals surface area contributed by atoms with E-state index in [1.165, 1.54) is 12.1 Å². The van der Waals surface area contributed by atoms with Crippen LogP contribution in [0.4, 0.5) is 4.39 Å². The Bertz CT molecular complexity index is 502. The van der Waals surface area contributed by atoms with Gasteiger partial charge >= 0.3 is 0 Å². The Morgan fingerprint density at radius 2 is 2.10 bits per heavy atom. The maximum Gasteiger partial charge on any atom is 0.242 e. The molecule has 1 aromatic carbocycles. The van der Waals surface area contributed by atoms with Crippen LogP contribution >= 0.6 is 0 Å². The van der Waals surface area contributed by atoms with Gasteiger partial charge in [-0.3, -0.25) is 9.59 Å². The highest BCUT2D eigenvalue weighted by atomic mass is 19.1. The van der Waals surface area contributed by atoms with Crippen LogP contribution in [-0.2, 0) is 16.1 Å². The van der Waals surface area contributed by atoms with E-state index in [1.54, 1.807) is 17.0 Å². The van der Waals surface area contributed by atoms with Gasteiger partial charge in [0.05, 0.1) is 0 Å². The zero-order valence-corrected chi connectivity index (χ0v) is 12.3. The van der Waals surface area contributed by atoms with Gasteiger partial charge in [0.25, 0.3) is 0 Å². The third-order valence-electron chi connectivity index (χ3n) is 3.73. The normalized spacial score (nSPS) is 18.1. The molecule has 21 heavy (non-hydrogen) atoms. The zero-order valence-electron chi connectivity index (χ0n) is 12.3. The van der Waals surface area contributed by atoms with Crippen LogP contribution in [0, 0.1) is 5.82 Å². The van der Waals surface area contributed by atoms with Crippen molar-refractivity contribution in [1.82, 2.24) is 10.2 Å². The highest BCUT2D eigenvalue weighted by molar-refractivity contribution is 5.90. The number of halogens is 1. The largest absolute Gasteiger partial charge is 0.354 e. The summed E-state index contributed by atoms with van der Waals surface area (Å²) >= 11 is 0. The smallest absolute Gasteiger partial charge is 0.242 e. The monoisotopic (exact) mass is 292 g/mol. The molecule has 1 heterocycles. The molecule has 1 saturated heterocycles. The first kappa shape index (κ1) is 15.5. The second-order valence-corrected chi connectivity index (χ2v) is 5.35. The number of hydrogen-bond acceptors (Lipinski definition) is 2. The molecule has 1 aliphatic heterocycles. The Labute approximate surface area is 124 Å². The summed E-state index contributed by atoms with van der Waals surface area (Å²) in [4.78, 5) is 25.7. The number of benzene rings is 1. The SMILES string of the molecule is CCCCNC(=O)[C@H]1CCC(=O)N1Cc1ccc(F)cc1. The standard InChI is InChI=1S/C16H21FN2O2/c1-2-3-10-18-16(21)14-8-9-15(20)19(14)11-12-4-6-13(17)7-5-12/h4-7,14H,2-3,8-11H2,1H3,(H,18,21)/t14-/m1/s1. The van der Waals surface area contributed by atoms with E-state index in [1.807, 2.05) is 0 Å². The molecule has 0 bridgehead atoms. The van der Waals surface area contributed by atoms with Crippen molar-refractivity contribution in [1.29, 1.82) is 0 Å². The molecule has 2 rings (SSSR count). The number of nitrogens with one attached hydrogen (secondary N) is 1. The average Bonchev–Trinajstić information content (AvgIpc) is 2.83. The molecule has 0 aromatic heterocycles. The number of likely N-dealkylation sites (tertiary alicyclic amines) is 1. The molecule has 1 aromatic rings. The number of carbonyl (C=O) groups excluding carboxylic acids is 2. The summed E-state index contributed by atoms with van der Waals surface area (Å²) in [6, 6.07) is 5.62. The van der Waals surface area contributed by atoms with Gasteiger partial charge in [-0.25, -0.2) is 4.39 Å². The predicted molar refractivity (Wildman–Crippen MR) is 77.9 cm³/mol. The lowest BCUT2D eigenvalue weighted by molar-refractivity contribution is -0.135. The van der Waals surface area contributed by atoms with Crippen LogP contribution in [-0.4, -0.2) is 29.3 Å². The van der Waals surface area contributed by atoms with Gasteiger partial charge in [0.15, 0.2) is 0 Å². The van der Waals surface area contributed by atoms with Crippen LogP contribution < -0.4 is 5.32 Å². The van der Waals surface area contributed by atoms with Crippen LogP contribution in [0.25, 0.3) is 0 Å². The Hall–Kier alpha value is -1.91. The van der Waals surface area contributed by atoms with E-state index in [4.69, 9.17) is 0 Å². The van der Waals surface area contributed by atoms with E-state index in [0.29, 0.717) is 25.9 Å². The summed E-state index contributed by atoms with van der Waals surface area (Å²) in [7, 11) is 0. The maximum absolute atomic E-state index is 12.9. The van der Waals surface area contributed by atoms with Crippen LogP contribution in [0.15, 0.2) is 24.3 Å². The molecule has 4 nitrogen and oxygen atoms in total. The summed E-state index contributed by atoms with van der Waals surface area (Å²) in [6.45, 7) is 3.06. The number of unbranched alkanes of at least 4 members (excludes halogenated alkanes) is 1. The quantitative estimate of drug-likeness (QED) is 0.817. The molecule has 0 unspecified atom stereocenters. The van der Waals surface area contributed by atoms with Crippen molar-refractivity contribution in [2.45, 2.75) is 45.2 Å². The first-order valence-corrected chi connectivity index (χ1v) is 7.43. The minimum absolute atomic E-state index is 0.0185. The summed E-state index contributed by atoms with van der Waals surface area (Å²) < 4.78 is 12.9. The van der Waals surface area contributed by atoms with Crippen LogP contribution in [0.3, 0.4) is 0 Å². The topological polar surface area (TPSA) is 49.4 Å². The molecular formula is C16H21FN2O2. The van der Waals surface area contributed by atoms with Crippen molar-refractivity contribution < 1.29 is 14.0 Å². The fourth-order valence-corrected chi connectivity index (χ4v) is 2.50. The molecule has 0 saturated carbocycles. The molecule has 1 N–H and O–H groups in total. The first-order chi connectivity index (χ1) is 10.1. The molecule has 114 valence electrons. The lowest BCUT2D eigenvalue weighted by Gasteiger charge is -2.24. The second kappa shape index (κ2) is 7.20. The van der Waals surface area contributed by atoms with E-state index in [0.717, 1.165) is 18.4 Å². The molecule has 0 spiro atoms. The maximum atomic E-state index is 12.9. The zero-order chi connectivity index (χ0) is 15.2. The van der Waals surface area contributed by atoms with Gasteiger partial charge in [0, 0.05) is 19.5 Å². The number of rotatable bonds is 6. The molecule has 2 amide bonds. The van der Waals surface area contributed by atoms with Gasteiger partial charge < -0.3 is 10.2 Å². The third-order valence-corrected chi connectivity index (χ3v) is 3.73. The lowest BCUT2D eigenvalue weighted by Crippen LogP contribution is -2.44. The molecule has 1 atom stereocenters. The average molecular weight is 292 g/mol. The number of nitrogens with zero attached hydrogens (tertiary/aromatic N) is 1. The molecule has 1 fully saturated rings. The Balaban J connectivity index is 1.99. The first-order valence-electron chi connectivity index (χ1n) is 7.43. The van der Waals surface area contributed by atoms with Crippen LogP contribution in [0.5, 0.6) is 0 Å². The van der Waals surface area contributed by atoms with E-state index in [-0.39, 0.29) is 17.6 Å². The predicted octanol–water partition coefficient (Wildman–Crippen LogP) is 2.23. The highest BCUT2D eigenvalue weighted by Crippen LogP contribution is 2.21. The van der Waals surface area contributed by atoms with Gasteiger partial charge in [0.1, 0.15) is 11.9 Å². The fraction of sp³-hybridized carbons (Fsp3) is 0.500. The minimum Gasteiger partial charge on any atom is -0.354 e. The molecule has 5 heteroatoms. The Kier molecular flexibility index (Phi) is 5.31. The molecule has 0 radical (unpaired) electrons. The van der Waals surface area contributed by atoms with Gasteiger partial charge in [0.2, 0.25) is 11.8 Å². The van der Waals surface area contributed by atoms with Crippen molar-refractivity contribution in [2.24, 2.45) is 0 Å². The number of carbonyl (C=O) groups is 2. The van der Waals surface area contributed by atoms with Gasteiger partial charge in [-0.05, 0) is 30.5 Å². The van der Waals surface area contributed by atoms with Crippen LogP contribution in [0.2, 0.25) is 0 Å². The number of hydrogen-bond donors (Lipinski definition) is 1. The molecule has 1 aliphatic rings. The summed E-state index contributed by atoms with van der Waals surface area (Å²) in [5, 5.41) is 2.88. The van der Waals surface area contributed by atoms with Crippen molar-refractivity contribution in [3.05, 3.63) is 35.6 Å². The van der Waals surface area contributed by atoms with Crippen LogP contribution in [0.1, 0.15) is 38.2 Å².